The third-order valence-corrected chi connectivity index (χ3v) is 4.15. The van der Waals surface area contributed by atoms with E-state index in [1.54, 1.807) is 6.92 Å². The number of Topliss-reactive ketones (excluding diaryl/α,β-unsaturated/α-hetero) is 2. The fraction of sp³-hybridized carbons (Fsp3) is 0.429. The Morgan fingerprint density at radius 3 is 2.56 bits per heavy atom. The molecule has 0 saturated carbocycles. The summed E-state index contributed by atoms with van der Waals surface area (Å²) in [6, 6.07) is 3.80. The van der Waals surface area contributed by atoms with Crippen LogP contribution in [0, 0.1) is 11.2 Å². The smallest absolute Gasteiger partial charge is 0.195 e. The number of ketones is 2. The lowest BCUT2D eigenvalue weighted by Gasteiger charge is -2.43. The lowest BCUT2D eigenvalue weighted by Crippen LogP contribution is -2.58. The van der Waals surface area contributed by atoms with Crippen molar-refractivity contribution >= 4 is 11.6 Å². The number of fused-ring (bicyclic) bond motifs is 1. The van der Waals surface area contributed by atoms with Crippen molar-refractivity contribution in [2.45, 2.75) is 32.8 Å². The predicted octanol–water partition coefficient (Wildman–Crippen LogP) is 1.91. The Morgan fingerprint density at radius 2 is 2.00 bits per heavy atom. The molecule has 4 heteroatoms. The first-order valence-corrected chi connectivity index (χ1v) is 5.77. The minimum atomic E-state index is -1.76. The highest BCUT2D eigenvalue weighted by Gasteiger charge is 2.55. The van der Waals surface area contributed by atoms with E-state index in [0.29, 0.717) is 11.1 Å². The fourth-order valence-corrected chi connectivity index (χ4v) is 2.46. The van der Waals surface area contributed by atoms with Crippen LogP contribution in [0.1, 0.15) is 36.7 Å². The summed E-state index contributed by atoms with van der Waals surface area (Å²) in [5.41, 5.74) is -2.21. The molecule has 0 bridgehead atoms. The molecule has 0 radical (unpaired) electrons. The maximum atomic E-state index is 13.2. The fourth-order valence-electron chi connectivity index (χ4n) is 2.46. The average Bonchev–Trinajstić information content (AvgIpc) is 2.26. The molecular formula is C14H15FO3. The molecule has 2 rings (SSSR count). The first kappa shape index (κ1) is 12.9. The Balaban J connectivity index is 2.67. The van der Waals surface area contributed by atoms with Crippen LogP contribution in [0.15, 0.2) is 18.2 Å². The summed E-state index contributed by atoms with van der Waals surface area (Å²) in [5, 5.41) is 10.4. The molecule has 0 fully saturated rings. The number of halogens is 1. The largest absolute Gasteiger partial charge is 0.381 e. The van der Waals surface area contributed by atoms with Crippen LogP contribution < -0.4 is 0 Å². The normalized spacial score (nSPS) is 31.1. The molecule has 0 aromatic heterocycles. The number of rotatable bonds is 1. The number of aliphatic hydroxyl groups is 1. The number of hydrogen-bond acceptors (Lipinski definition) is 3. The quantitative estimate of drug-likeness (QED) is 0.828. The summed E-state index contributed by atoms with van der Waals surface area (Å²) in [7, 11) is 0. The molecule has 18 heavy (non-hydrogen) atoms. The second kappa shape index (κ2) is 3.72. The van der Waals surface area contributed by atoms with E-state index in [2.05, 4.69) is 0 Å². The van der Waals surface area contributed by atoms with E-state index >= 15 is 0 Å². The van der Waals surface area contributed by atoms with Crippen LogP contribution in [0.5, 0.6) is 0 Å². The van der Waals surface area contributed by atoms with Crippen molar-refractivity contribution in [2.75, 3.05) is 0 Å². The minimum absolute atomic E-state index is 0.161. The van der Waals surface area contributed by atoms with E-state index < -0.39 is 22.6 Å². The molecule has 0 amide bonds. The molecule has 0 saturated heterocycles. The summed E-state index contributed by atoms with van der Waals surface area (Å²) >= 11 is 0. The predicted molar refractivity (Wildman–Crippen MR) is 63.8 cm³/mol. The molecule has 1 aliphatic carbocycles. The van der Waals surface area contributed by atoms with Gasteiger partial charge in [0.2, 0.25) is 0 Å². The Hall–Kier alpha value is -1.55. The molecule has 96 valence electrons. The Morgan fingerprint density at radius 1 is 1.39 bits per heavy atom. The first-order chi connectivity index (χ1) is 8.20. The molecule has 0 aliphatic heterocycles. The molecule has 1 aromatic rings. The second-order valence-corrected chi connectivity index (χ2v) is 5.27. The van der Waals surface area contributed by atoms with Crippen molar-refractivity contribution < 1.29 is 19.1 Å². The number of carbonyl (C=O) groups excluding carboxylic acids is 2. The molecule has 0 spiro atoms. The van der Waals surface area contributed by atoms with Crippen molar-refractivity contribution in [3.63, 3.8) is 0 Å². The Kier molecular flexibility index (Phi) is 2.66. The van der Waals surface area contributed by atoms with Gasteiger partial charge in [-0.2, -0.15) is 0 Å². The van der Waals surface area contributed by atoms with Gasteiger partial charge in [-0.3, -0.25) is 9.59 Å². The molecule has 0 unspecified atom stereocenters. The van der Waals surface area contributed by atoms with Crippen LogP contribution in [-0.4, -0.2) is 22.3 Å². The van der Waals surface area contributed by atoms with Gasteiger partial charge in [0.15, 0.2) is 5.78 Å². The topological polar surface area (TPSA) is 54.4 Å². The Bertz CT molecular complexity index is 548. The third-order valence-electron chi connectivity index (χ3n) is 4.15. The van der Waals surface area contributed by atoms with Gasteiger partial charge in [0.25, 0.3) is 0 Å². The van der Waals surface area contributed by atoms with Crippen LogP contribution >= 0.6 is 0 Å². The van der Waals surface area contributed by atoms with Crippen LogP contribution in [0.3, 0.4) is 0 Å². The number of hydrogen-bond donors (Lipinski definition) is 1. The molecular weight excluding hydrogens is 235 g/mol. The average molecular weight is 250 g/mol. The summed E-state index contributed by atoms with van der Waals surface area (Å²) < 4.78 is 13.2. The van der Waals surface area contributed by atoms with Gasteiger partial charge in [0, 0.05) is 5.56 Å². The van der Waals surface area contributed by atoms with Gasteiger partial charge in [-0.25, -0.2) is 4.39 Å². The number of carbonyl (C=O) groups is 2. The van der Waals surface area contributed by atoms with Gasteiger partial charge in [0.1, 0.15) is 17.2 Å². The SMILES string of the molecule is CC(=O)[C@]1(C)Cc2cc(F)ccc2C(=O)[C@@]1(C)O. The standard InChI is InChI=1S/C14H15FO3/c1-8(16)13(2)7-9-6-10(15)4-5-11(9)12(17)14(13,3)18/h4-6,18H,7H2,1-3H3/t13-,14+/m0/s1. The van der Waals surface area contributed by atoms with E-state index in [1.807, 2.05) is 0 Å². The molecule has 0 heterocycles. The van der Waals surface area contributed by atoms with Gasteiger partial charge in [-0.05, 0) is 51.0 Å². The van der Waals surface area contributed by atoms with Crippen LogP contribution in [0.4, 0.5) is 4.39 Å². The molecule has 1 aliphatic rings. The van der Waals surface area contributed by atoms with Crippen molar-refractivity contribution in [3.8, 4) is 0 Å². The van der Waals surface area contributed by atoms with E-state index in [-0.39, 0.29) is 12.2 Å². The third kappa shape index (κ3) is 1.52. The monoisotopic (exact) mass is 250 g/mol. The zero-order valence-corrected chi connectivity index (χ0v) is 10.6. The summed E-state index contributed by atoms with van der Waals surface area (Å²) in [6.45, 7) is 4.23. The van der Waals surface area contributed by atoms with Gasteiger partial charge >= 0.3 is 0 Å². The van der Waals surface area contributed by atoms with E-state index in [9.17, 15) is 19.1 Å². The summed E-state index contributed by atoms with van der Waals surface area (Å²) in [5.74, 6) is -1.26. The summed E-state index contributed by atoms with van der Waals surface area (Å²) in [6.07, 6.45) is 0.161. The Labute approximate surface area is 105 Å². The summed E-state index contributed by atoms with van der Waals surface area (Å²) in [4.78, 5) is 24.0. The van der Waals surface area contributed by atoms with Crippen molar-refractivity contribution in [2.24, 2.45) is 5.41 Å². The maximum absolute atomic E-state index is 13.2. The molecule has 3 nitrogen and oxygen atoms in total. The highest BCUT2D eigenvalue weighted by molar-refractivity contribution is 6.08. The van der Waals surface area contributed by atoms with E-state index in [4.69, 9.17) is 0 Å². The molecule has 2 atom stereocenters. The molecule has 1 aromatic carbocycles. The zero-order valence-electron chi connectivity index (χ0n) is 10.6. The number of benzene rings is 1. The van der Waals surface area contributed by atoms with Gasteiger partial charge in [-0.1, -0.05) is 0 Å². The van der Waals surface area contributed by atoms with Crippen LogP contribution in [-0.2, 0) is 11.2 Å². The van der Waals surface area contributed by atoms with Crippen molar-refractivity contribution in [1.82, 2.24) is 0 Å². The molecule has 1 N–H and O–H groups in total. The van der Waals surface area contributed by atoms with Gasteiger partial charge < -0.3 is 5.11 Å². The van der Waals surface area contributed by atoms with E-state index in [0.717, 1.165) is 0 Å². The second-order valence-electron chi connectivity index (χ2n) is 5.27. The zero-order chi connectivity index (χ0) is 13.7. The van der Waals surface area contributed by atoms with E-state index in [1.165, 1.54) is 32.0 Å². The van der Waals surface area contributed by atoms with Crippen molar-refractivity contribution in [1.29, 1.82) is 0 Å². The maximum Gasteiger partial charge on any atom is 0.195 e. The lowest BCUT2D eigenvalue weighted by molar-refractivity contribution is -0.137. The highest BCUT2D eigenvalue weighted by Crippen LogP contribution is 2.43. The van der Waals surface area contributed by atoms with Crippen LogP contribution in [0.25, 0.3) is 0 Å². The van der Waals surface area contributed by atoms with Crippen LogP contribution in [0.2, 0.25) is 0 Å². The first-order valence-electron chi connectivity index (χ1n) is 5.77. The van der Waals surface area contributed by atoms with Gasteiger partial charge in [-0.15, -0.1) is 0 Å². The highest BCUT2D eigenvalue weighted by atomic mass is 19.1. The lowest BCUT2D eigenvalue weighted by atomic mass is 9.61. The van der Waals surface area contributed by atoms with Crippen molar-refractivity contribution in [3.05, 3.63) is 35.1 Å². The minimum Gasteiger partial charge on any atom is -0.381 e. The van der Waals surface area contributed by atoms with Gasteiger partial charge in [0.05, 0.1) is 5.41 Å².